The minimum absolute atomic E-state index is 0.144. The minimum Gasteiger partial charge on any atom is -0.366 e. The number of piperidine rings is 1. The topological polar surface area (TPSA) is 58.4 Å². The molecule has 2 unspecified atom stereocenters. The molecule has 2 bridgehead atoms. The van der Waals surface area contributed by atoms with Crippen LogP contribution in [0, 0.1) is 15.9 Å². The Labute approximate surface area is 127 Å². The molecule has 21 heavy (non-hydrogen) atoms. The molecule has 2 atom stereocenters. The number of halogens is 2. The van der Waals surface area contributed by atoms with Crippen LogP contribution in [0.2, 0.25) is 5.02 Å². The van der Waals surface area contributed by atoms with Gasteiger partial charge in [-0.15, -0.1) is 0 Å². The van der Waals surface area contributed by atoms with Crippen LogP contribution in [0.25, 0.3) is 0 Å². The van der Waals surface area contributed by atoms with E-state index in [9.17, 15) is 14.5 Å². The molecule has 0 amide bonds. The first-order chi connectivity index (χ1) is 9.95. The van der Waals surface area contributed by atoms with Crippen molar-refractivity contribution in [3.05, 3.63) is 33.1 Å². The van der Waals surface area contributed by atoms with Crippen molar-refractivity contribution in [3.8, 4) is 0 Å². The predicted molar refractivity (Wildman–Crippen MR) is 79.4 cm³/mol. The molecule has 2 aliphatic heterocycles. The summed E-state index contributed by atoms with van der Waals surface area (Å²) in [6.45, 7) is 0. The summed E-state index contributed by atoms with van der Waals surface area (Å²) in [5.74, 6) is -0.624. The lowest BCUT2D eigenvalue weighted by Gasteiger charge is -2.36. The maximum absolute atomic E-state index is 13.7. The highest BCUT2D eigenvalue weighted by atomic mass is 35.5. The van der Waals surface area contributed by atoms with Crippen LogP contribution in [0.15, 0.2) is 12.1 Å². The van der Waals surface area contributed by atoms with E-state index in [0.29, 0.717) is 17.8 Å². The normalized spacial score (nSPS) is 27.7. The number of nitrogens with one attached hydrogen (secondary N) is 1. The molecule has 1 N–H and O–H groups in total. The van der Waals surface area contributed by atoms with Crippen LogP contribution in [-0.4, -0.2) is 30.1 Å². The number of fused-ring (bicyclic) bond motifs is 2. The Morgan fingerprint density at radius 2 is 2.00 bits per heavy atom. The molecular weight excluding hydrogens is 297 g/mol. The third-order valence-corrected chi connectivity index (χ3v) is 4.88. The molecule has 2 fully saturated rings. The third-order valence-electron chi connectivity index (χ3n) is 4.59. The van der Waals surface area contributed by atoms with Crippen LogP contribution in [0.1, 0.15) is 25.7 Å². The van der Waals surface area contributed by atoms with Gasteiger partial charge < -0.3 is 10.2 Å². The lowest BCUT2D eigenvalue weighted by molar-refractivity contribution is -0.384. The van der Waals surface area contributed by atoms with Gasteiger partial charge in [0.2, 0.25) is 0 Å². The van der Waals surface area contributed by atoms with Gasteiger partial charge in [-0.3, -0.25) is 10.1 Å². The van der Waals surface area contributed by atoms with Gasteiger partial charge in [-0.2, -0.15) is 0 Å². The zero-order valence-corrected chi connectivity index (χ0v) is 12.4. The third kappa shape index (κ3) is 2.70. The van der Waals surface area contributed by atoms with Crippen molar-refractivity contribution < 1.29 is 9.31 Å². The second kappa shape index (κ2) is 5.42. The highest BCUT2D eigenvalue weighted by Crippen LogP contribution is 2.37. The smallest absolute Gasteiger partial charge is 0.294 e. The molecule has 2 aliphatic rings. The molecule has 1 aromatic carbocycles. The molecule has 0 saturated carbocycles. The zero-order chi connectivity index (χ0) is 15.1. The van der Waals surface area contributed by atoms with E-state index in [0.717, 1.165) is 31.7 Å². The maximum atomic E-state index is 13.7. The molecule has 0 spiro atoms. The summed E-state index contributed by atoms with van der Waals surface area (Å²) in [4.78, 5) is 12.5. The van der Waals surface area contributed by atoms with Crippen LogP contribution < -0.4 is 10.2 Å². The van der Waals surface area contributed by atoms with Crippen LogP contribution in [0.4, 0.5) is 15.8 Å². The van der Waals surface area contributed by atoms with Crippen molar-refractivity contribution in [2.75, 3.05) is 11.9 Å². The van der Waals surface area contributed by atoms with Crippen molar-refractivity contribution in [3.63, 3.8) is 0 Å². The first-order valence-electron chi connectivity index (χ1n) is 7.08. The molecule has 1 aromatic rings. The molecule has 3 rings (SSSR count). The molecule has 5 nitrogen and oxygen atoms in total. The number of hydrogen-bond donors (Lipinski definition) is 1. The first-order valence-corrected chi connectivity index (χ1v) is 7.46. The molecule has 0 aromatic heterocycles. The van der Waals surface area contributed by atoms with E-state index < -0.39 is 10.7 Å². The Hall–Kier alpha value is -1.40. The minimum atomic E-state index is -0.624. The summed E-state index contributed by atoms with van der Waals surface area (Å²) < 4.78 is 13.7. The number of rotatable bonds is 3. The summed E-state index contributed by atoms with van der Waals surface area (Å²) in [5.41, 5.74) is 0.156. The fourth-order valence-corrected chi connectivity index (χ4v) is 3.65. The standard InChI is InChI=1S/C14H17ClFN3O2/c1-18(10-4-8-2-3-9(5-10)17-8)13-7-12(16)11(15)6-14(13)19(20)21/h6-10,17H,2-5H2,1H3. The molecule has 2 heterocycles. The van der Waals surface area contributed by atoms with Gasteiger partial charge in [0.05, 0.1) is 9.95 Å². The van der Waals surface area contributed by atoms with Gasteiger partial charge in [0.1, 0.15) is 11.5 Å². The van der Waals surface area contributed by atoms with Gasteiger partial charge in [0.25, 0.3) is 5.69 Å². The molecule has 0 aliphatic carbocycles. The summed E-state index contributed by atoms with van der Waals surface area (Å²) >= 11 is 5.67. The van der Waals surface area contributed by atoms with Gasteiger partial charge in [0, 0.05) is 37.3 Å². The van der Waals surface area contributed by atoms with Gasteiger partial charge in [-0.1, -0.05) is 11.6 Å². The largest absolute Gasteiger partial charge is 0.366 e. The number of nitro benzene ring substituents is 1. The summed E-state index contributed by atoms with van der Waals surface area (Å²) in [6, 6.07) is 3.38. The Kier molecular flexibility index (Phi) is 3.75. The number of benzene rings is 1. The van der Waals surface area contributed by atoms with Crippen molar-refractivity contribution in [1.82, 2.24) is 5.32 Å². The second-order valence-electron chi connectivity index (χ2n) is 5.89. The van der Waals surface area contributed by atoms with E-state index >= 15 is 0 Å². The number of anilines is 1. The number of nitrogens with zero attached hydrogens (tertiary/aromatic N) is 2. The van der Waals surface area contributed by atoms with Crippen LogP contribution in [-0.2, 0) is 0 Å². The van der Waals surface area contributed by atoms with Gasteiger partial charge in [-0.25, -0.2) is 4.39 Å². The van der Waals surface area contributed by atoms with Crippen molar-refractivity contribution in [2.24, 2.45) is 0 Å². The number of hydrogen-bond acceptors (Lipinski definition) is 4. The average molecular weight is 314 g/mol. The lowest BCUT2D eigenvalue weighted by Crippen LogP contribution is -2.47. The zero-order valence-electron chi connectivity index (χ0n) is 11.7. The molecular formula is C14H17ClFN3O2. The van der Waals surface area contributed by atoms with Crippen LogP contribution in [0.3, 0.4) is 0 Å². The summed E-state index contributed by atoms with van der Waals surface area (Å²) in [5, 5.41) is 14.5. The maximum Gasteiger partial charge on any atom is 0.294 e. The highest BCUT2D eigenvalue weighted by Gasteiger charge is 2.36. The molecule has 7 heteroatoms. The fourth-order valence-electron chi connectivity index (χ4n) is 3.49. The van der Waals surface area contributed by atoms with Crippen molar-refractivity contribution in [1.29, 1.82) is 0 Å². The Bertz CT molecular complexity index is 572. The monoisotopic (exact) mass is 313 g/mol. The average Bonchev–Trinajstić information content (AvgIpc) is 2.79. The SMILES string of the molecule is CN(c1cc(F)c(Cl)cc1[N+](=O)[O-])C1CC2CCC(C1)N2. The van der Waals surface area contributed by atoms with E-state index in [-0.39, 0.29) is 16.8 Å². The Morgan fingerprint density at radius 3 is 2.57 bits per heavy atom. The second-order valence-corrected chi connectivity index (χ2v) is 6.29. The molecule has 114 valence electrons. The first kappa shape index (κ1) is 14.5. The Morgan fingerprint density at radius 1 is 1.38 bits per heavy atom. The highest BCUT2D eigenvalue weighted by molar-refractivity contribution is 6.31. The van der Waals surface area contributed by atoms with E-state index in [1.807, 2.05) is 4.90 Å². The van der Waals surface area contributed by atoms with Gasteiger partial charge in [0.15, 0.2) is 0 Å². The van der Waals surface area contributed by atoms with Crippen LogP contribution in [0.5, 0.6) is 0 Å². The van der Waals surface area contributed by atoms with Crippen molar-refractivity contribution >= 4 is 23.0 Å². The molecule has 0 radical (unpaired) electrons. The van der Waals surface area contributed by atoms with Crippen LogP contribution >= 0.6 is 11.6 Å². The summed E-state index contributed by atoms with van der Waals surface area (Å²) in [6.07, 6.45) is 4.14. The number of nitro groups is 1. The fraction of sp³-hybridized carbons (Fsp3) is 0.571. The summed E-state index contributed by atoms with van der Waals surface area (Å²) in [7, 11) is 1.80. The quantitative estimate of drug-likeness (QED) is 0.688. The van der Waals surface area contributed by atoms with Gasteiger partial charge >= 0.3 is 0 Å². The molecule has 2 saturated heterocycles. The van der Waals surface area contributed by atoms with E-state index in [2.05, 4.69) is 5.32 Å². The van der Waals surface area contributed by atoms with E-state index in [4.69, 9.17) is 11.6 Å². The predicted octanol–water partition coefficient (Wildman–Crippen LogP) is 3.11. The van der Waals surface area contributed by atoms with Crippen molar-refractivity contribution in [2.45, 2.75) is 43.8 Å². The van der Waals surface area contributed by atoms with Gasteiger partial charge in [-0.05, 0) is 25.7 Å². The lowest BCUT2D eigenvalue weighted by atomic mass is 9.98. The van der Waals surface area contributed by atoms with E-state index in [1.54, 1.807) is 7.05 Å². The van der Waals surface area contributed by atoms with E-state index in [1.165, 1.54) is 6.07 Å². The Balaban J connectivity index is 1.92.